The largest absolute Gasteiger partial charge is 0.495 e. The number of rotatable bonds is 10. The zero-order chi connectivity index (χ0) is 29.7. The number of aryl methyl sites for hydroxylation is 1. The first kappa shape index (κ1) is 31.0. The molecular formula is C30H36ClN3O5S. The summed E-state index contributed by atoms with van der Waals surface area (Å²) in [6, 6.07) is 19.1. The third kappa shape index (κ3) is 7.76. The zero-order valence-electron chi connectivity index (χ0n) is 23.6. The topological polar surface area (TPSA) is 96.0 Å². The summed E-state index contributed by atoms with van der Waals surface area (Å²) in [4.78, 5) is 28.6. The third-order valence-corrected chi connectivity index (χ3v) is 8.13. The van der Waals surface area contributed by atoms with E-state index in [1.165, 1.54) is 30.2 Å². The van der Waals surface area contributed by atoms with Crippen molar-refractivity contribution in [2.75, 3.05) is 18.0 Å². The van der Waals surface area contributed by atoms with E-state index in [1.54, 1.807) is 37.3 Å². The van der Waals surface area contributed by atoms with E-state index < -0.39 is 34.1 Å². The molecule has 0 unspecified atom stereocenters. The molecule has 1 N–H and O–H groups in total. The van der Waals surface area contributed by atoms with Crippen LogP contribution in [0.25, 0.3) is 0 Å². The van der Waals surface area contributed by atoms with Crippen molar-refractivity contribution >= 4 is 39.1 Å². The summed E-state index contributed by atoms with van der Waals surface area (Å²) in [7, 11) is -2.83. The van der Waals surface area contributed by atoms with Crippen LogP contribution in [0.3, 0.4) is 0 Å². The van der Waals surface area contributed by atoms with Gasteiger partial charge in [-0.1, -0.05) is 59.6 Å². The highest BCUT2D eigenvalue weighted by atomic mass is 35.5. The zero-order valence-corrected chi connectivity index (χ0v) is 25.2. The molecule has 0 saturated heterocycles. The predicted octanol–water partition coefficient (Wildman–Crippen LogP) is 5.18. The van der Waals surface area contributed by atoms with E-state index in [2.05, 4.69) is 5.32 Å². The van der Waals surface area contributed by atoms with Gasteiger partial charge in [0.25, 0.3) is 10.0 Å². The lowest BCUT2D eigenvalue weighted by molar-refractivity contribution is -0.140. The van der Waals surface area contributed by atoms with E-state index in [0.29, 0.717) is 0 Å². The van der Waals surface area contributed by atoms with E-state index in [9.17, 15) is 18.0 Å². The number of nitrogens with one attached hydrogen (secondary N) is 1. The van der Waals surface area contributed by atoms with Crippen LogP contribution in [0, 0.1) is 6.92 Å². The van der Waals surface area contributed by atoms with E-state index in [4.69, 9.17) is 16.3 Å². The number of benzene rings is 3. The van der Waals surface area contributed by atoms with Gasteiger partial charge in [0.05, 0.1) is 17.7 Å². The summed E-state index contributed by atoms with van der Waals surface area (Å²) in [6.45, 7) is 8.63. The minimum atomic E-state index is -4.24. The van der Waals surface area contributed by atoms with Crippen LogP contribution in [0.2, 0.25) is 5.02 Å². The average Bonchev–Trinajstić information content (AvgIpc) is 2.89. The molecule has 0 heterocycles. The molecule has 3 aromatic carbocycles. The highest BCUT2D eigenvalue weighted by Crippen LogP contribution is 2.35. The number of carbonyl (C=O) groups is 2. The summed E-state index contributed by atoms with van der Waals surface area (Å²) in [5.74, 6) is -0.702. The molecule has 0 saturated carbocycles. The molecule has 1 atom stereocenters. The summed E-state index contributed by atoms with van der Waals surface area (Å²) in [6.07, 6.45) is 0. The Morgan fingerprint density at radius 3 is 2.27 bits per heavy atom. The molecule has 0 bridgehead atoms. The molecule has 0 aliphatic carbocycles. The number of carbonyl (C=O) groups excluding carboxylic acids is 2. The fraction of sp³-hybridized carbons (Fsp3) is 0.333. The first-order valence-electron chi connectivity index (χ1n) is 12.8. The number of hydrogen-bond acceptors (Lipinski definition) is 5. The molecule has 8 nitrogen and oxygen atoms in total. The first-order valence-corrected chi connectivity index (χ1v) is 14.6. The lowest BCUT2D eigenvalue weighted by Gasteiger charge is -2.33. The Morgan fingerprint density at radius 1 is 1.00 bits per heavy atom. The van der Waals surface area contributed by atoms with E-state index in [0.717, 1.165) is 15.4 Å². The molecule has 0 aromatic heterocycles. The standard InChI is InChI=1S/C30H36ClN3O5S/c1-21-11-10-12-23(17-21)19-33(22(2)29(36)32-30(3,4)5)28(35)20-34(26-18-24(31)15-16-27(26)39-6)40(37,38)25-13-8-7-9-14-25/h7-18,22H,19-20H2,1-6H3,(H,32,36)/t22-/m1/s1. The molecular weight excluding hydrogens is 550 g/mol. The van der Waals surface area contributed by atoms with E-state index >= 15 is 0 Å². The number of sulfonamides is 1. The highest BCUT2D eigenvalue weighted by Gasteiger charge is 2.34. The minimum absolute atomic E-state index is 0.00594. The van der Waals surface area contributed by atoms with Crippen LogP contribution >= 0.6 is 11.6 Å². The van der Waals surface area contributed by atoms with Crippen LogP contribution in [-0.2, 0) is 26.2 Å². The van der Waals surface area contributed by atoms with Gasteiger partial charge in [0.15, 0.2) is 0 Å². The fourth-order valence-electron chi connectivity index (χ4n) is 4.15. The Hall–Kier alpha value is -3.56. The maximum Gasteiger partial charge on any atom is 0.264 e. The van der Waals surface area contributed by atoms with Crippen molar-refractivity contribution in [3.05, 3.63) is 88.9 Å². The second kappa shape index (κ2) is 12.7. The minimum Gasteiger partial charge on any atom is -0.495 e. The van der Waals surface area contributed by atoms with Crippen LogP contribution < -0.4 is 14.4 Å². The molecule has 3 rings (SSSR count). The number of halogens is 1. The molecule has 0 aliphatic heterocycles. The molecule has 214 valence electrons. The van der Waals surface area contributed by atoms with Gasteiger partial charge in [-0.05, 0) is 70.5 Å². The van der Waals surface area contributed by atoms with Gasteiger partial charge in [-0.2, -0.15) is 0 Å². The Kier molecular flexibility index (Phi) is 9.87. The predicted molar refractivity (Wildman–Crippen MR) is 158 cm³/mol. The average molecular weight is 586 g/mol. The summed E-state index contributed by atoms with van der Waals surface area (Å²) < 4.78 is 34.3. The number of hydrogen-bond donors (Lipinski definition) is 1. The maximum atomic E-state index is 14.1. The van der Waals surface area contributed by atoms with Crippen LogP contribution in [-0.4, -0.2) is 50.4 Å². The molecule has 0 radical (unpaired) electrons. The lowest BCUT2D eigenvalue weighted by Crippen LogP contribution is -2.54. The Labute approximate surface area is 241 Å². The Bertz CT molecular complexity index is 1460. The maximum absolute atomic E-state index is 14.1. The van der Waals surface area contributed by atoms with Crippen molar-refractivity contribution in [1.82, 2.24) is 10.2 Å². The van der Waals surface area contributed by atoms with Gasteiger partial charge in [-0.3, -0.25) is 13.9 Å². The number of amides is 2. The number of nitrogens with zero attached hydrogens (tertiary/aromatic N) is 2. The molecule has 3 aromatic rings. The Balaban J connectivity index is 2.10. The first-order chi connectivity index (χ1) is 18.7. The van der Waals surface area contributed by atoms with Gasteiger partial charge < -0.3 is 15.0 Å². The number of methoxy groups -OCH3 is 1. The molecule has 0 fully saturated rings. The smallest absolute Gasteiger partial charge is 0.264 e. The normalized spacial score (nSPS) is 12.4. The van der Waals surface area contributed by atoms with Gasteiger partial charge in [-0.15, -0.1) is 0 Å². The van der Waals surface area contributed by atoms with Gasteiger partial charge in [0.1, 0.15) is 18.3 Å². The van der Waals surface area contributed by atoms with Crippen molar-refractivity contribution in [3.63, 3.8) is 0 Å². The van der Waals surface area contributed by atoms with Crippen molar-refractivity contribution in [1.29, 1.82) is 0 Å². The van der Waals surface area contributed by atoms with Gasteiger partial charge in [-0.25, -0.2) is 8.42 Å². The van der Waals surface area contributed by atoms with Crippen LogP contribution in [0.4, 0.5) is 5.69 Å². The van der Waals surface area contributed by atoms with Crippen LogP contribution in [0.15, 0.2) is 77.7 Å². The quantitative estimate of drug-likeness (QED) is 0.353. The third-order valence-electron chi connectivity index (χ3n) is 6.12. The lowest BCUT2D eigenvalue weighted by atomic mass is 10.1. The highest BCUT2D eigenvalue weighted by molar-refractivity contribution is 7.92. The molecule has 40 heavy (non-hydrogen) atoms. The Morgan fingerprint density at radius 2 is 1.68 bits per heavy atom. The summed E-state index contributed by atoms with van der Waals surface area (Å²) >= 11 is 6.26. The number of anilines is 1. The van der Waals surface area contributed by atoms with Crippen molar-refractivity contribution in [2.45, 2.75) is 57.6 Å². The SMILES string of the molecule is COc1ccc(Cl)cc1N(CC(=O)N(Cc1cccc(C)c1)[C@H](C)C(=O)NC(C)(C)C)S(=O)(=O)c1ccccc1. The van der Waals surface area contributed by atoms with Crippen LogP contribution in [0.5, 0.6) is 5.75 Å². The summed E-state index contributed by atoms with van der Waals surface area (Å²) in [5.41, 5.74) is 1.38. The van der Waals surface area contributed by atoms with E-state index in [-0.39, 0.29) is 33.8 Å². The van der Waals surface area contributed by atoms with Gasteiger partial charge in [0, 0.05) is 17.1 Å². The monoisotopic (exact) mass is 585 g/mol. The van der Waals surface area contributed by atoms with Crippen molar-refractivity contribution < 1.29 is 22.7 Å². The number of ether oxygens (including phenoxy) is 1. The van der Waals surface area contributed by atoms with Gasteiger partial charge >= 0.3 is 0 Å². The fourth-order valence-corrected chi connectivity index (χ4v) is 5.76. The molecule has 0 spiro atoms. The molecule has 2 amide bonds. The van der Waals surface area contributed by atoms with Gasteiger partial charge in [0.2, 0.25) is 11.8 Å². The second-order valence-electron chi connectivity index (χ2n) is 10.6. The summed E-state index contributed by atoms with van der Waals surface area (Å²) in [5, 5.41) is 3.19. The van der Waals surface area contributed by atoms with Crippen molar-refractivity contribution in [3.8, 4) is 5.75 Å². The molecule has 0 aliphatic rings. The van der Waals surface area contributed by atoms with Crippen LogP contribution in [0.1, 0.15) is 38.8 Å². The van der Waals surface area contributed by atoms with E-state index in [1.807, 2.05) is 52.0 Å². The second-order valence-corrected chi connectivity index (χ2v) is 12.9. The van der Waals surface area contributed by atoms with Crippen molar-refractivity contribution in [2.24, 2.45) is 0 Å². The molecule has 10 heteroatoms.